The lowest BCUT2D eigenvalue weighted by Crippen LogP contribution is -2.28. The molecule has 78 valence electrons. The van der Waals surface area contributed by atoms with Gasteiger partial charge in [-0.25, -0.2) is 0 Å². The van der Waals surface area contributed by atoms with E-state index < -0.39 is 5.41 Å². The first-order valence-corrected chi connectivity index (χ1v) is 6.92. The smallest absolute Gasteiger partial charge is 0.141 e. The zero-order valence-electron chi connectivity index (χ0n) is 8.50. The summed E-state index contributed by atoms with van der Waals surface area (Å²) in [5.41, 5.74) is -0.558. The molecule has 0 aromatic rings. The SMILES string of the molecule is CCSSCCC(=O)C(C)(C)CO. The summed E-state index contributed by atoms with van der Waals surface area (Å²) in [7, 11) is 3.49. The zero-order chi connectivity index (χ0) is 10.3. The van der Waals surface area contributed by atoms with Crippen LogP contribution < -0.4 is 0 Å². The number of Topliss-reactive ketones (excluding diaryl/α,β-unsaturated/α-hetero) is 1. The van der Waals surface area contributed by atoms with Gasteiger partial charge in [-0.1, -0.05) is 42.4 Å². The van der Waals surface area contributed by atoms with Crippen LogP contribution in [0.4, 0.5) is 0 Å². The Morgan fingerprint density at radius 2 is 2.00 bits per heavy atom. The molecule has 0 aliphatic heterocycles. The predicted octanol–water partition coefficient (Wildman–Crippen LogP) is 2.37. The van der Waals surface area contributed by atoms with Crippen LogP contribution in [-0.4, -0.2) is 29.0 Å². The molecule has 13 heavy (non-hydrogen) atoms. The van der Waals surface area contributed by atoms with Crippen LogP contribution in [-0.2, 0) is 4.79 Å². The van der Waals surface area contributed by atoms with Crippen molar-refractivity contribution in [2.24, 2.45) is 5.41 Å². The fraction of sp³-hybridized carbons (Fsp3) is 0.889. The Kier molecular flexibility index (Phi) is 6.91. The summed E-state index contributed by atoms with van der Waals surface area (Å²) in [5, 5.41) is 8.93. The van der Waals surface area contributed by atoms with E-state index in [-0.39, 0.29) is 12.4 Å². The summed E-state index contributed by atoms with van der Waals surface area (Å²) in [6, 6.07) is 0. The summed E-state index contributed by atoms with van der Waals surface area (Å²) in [6.07, 6.45) is 0.561. The van der Waals surface area contributed by atoms with Gasteiger partial charge in [0.05, 0.1) is 6.61 Å². The summed E-state index contributed by atoms with van der Waals surface area (Å²) in [6.45, 7) is 5.61. The second-order valence-electron chi connectivity index (χ2n) is 3.44. The largest absolute Gasteiger partial charge is 0.395 e. The molecule has 2 nitrogen and oxygen atoms in total. The quantitative estimate of drug-likeness (QED) is 0.530. The van der Waals surface area contributed by atoms with Crippen LogP contribution in [0.1, 0.15) is 27.2 Å². The maximum Gasteiger partial charge on any atom is 0.141 e. The second kappa shape index (κ2) is 6.74. The number of aliphatic hydroxyl groups is 1. The fourth-order valence-corrected chi connectivity index (χ4v) is 2.36. The third-order valence-corrected chi connectivity index (χ3v) is 4.24. The number of hydrogen-bond donors (Lipinski definition) is 1. The molecular formula is C9H18O2S2. The summed E-state index contributed by atoms with van der Waals surface area (Å²) < 4.78 is 0. The van der Waals surface area contributed by atoms with Crippen molar-refractivity contribution in [3.05, 3.63) is 0 Å². The van der Waals surface area contributed by atoms with Crippen molar-refractivity contribution in [2.75, 3.05) is 18.1 Å². The maximum absolute atomic E-state index is 11.5. The van der Waals surface area contributed by atoms with Crippen LogP contribution in [0.5, 0.6) is 0 Å². The Morgan fingerprint density at radius 1 is 1.38 bits per heavy atom. The molecule has 0 fully saturated rings. The molecule has 0 atom stereocenters. The Bertz CT molecular complexity index is 158. The van der Waals surface area contributed by atoms with Gasteiger partial charge in [0, 0.05) is 23.3 Å². The lowest BCUT2D eigenvalue weighted by atomic mass is 9.88. The Morgan fingerprint density at radius 3 is 2.46 bits per heavy atom. The molecule has 0 aliphatic rings. The van der Waals surface area contributed by atoms with E-state index in [1.54, 1.807) is 35.4 Å². The number of carbonyl (C=O) groups excluding carboxylic acids is 1. The molecule has 0 aliphatic carbocycles. The van der Waals surface area contributed by atoms with Gasteiger partial charge in [0.15, 0.2) is 0 Å². The van der Waals surface area contributed by atoms with Crippen LogP contribution in [0.15, 0.2) is 0 Å². The van der Waals surface area contributed by atoms with E-state index in [2.05, 4.69) is 6.92 Å². The van der Waals surface area contributed by atoms with Gasteiger partial charge in [0.1, 0.15) is 5.78 Å². The first-order valence-electron chi connectivity index (χ1n) is 4.43. The number of rotatable bonds is 7. The molecule has 1 N–H and O–H groups in total. The molecule has 0 aromatic heterocycles. The van der Waals surface area contributed by atoms with Crippen molar-refractivity contribution < 1.29 is 9.90 Å². The van der Waals surface area contributed by atoms with E-state index >= 15 is 0 Å². The van der Waals surface area contributed by atoms with E-state index in [0.29, 0.717) is 6.42 Å². The molecule has 4 heteroatoms. The van der Waals surface area contributed by atoms with E-state index in [1.807, 2.05) is 0 Å². The summed E-state index contributed by atoms with van der Waals surface area (Å²) in [5.74, 6) is 2.07. The van der Waals surface area contributed by atoms with E-state index in [1.165, 1.54) is 0 Å². The Labute approximate surface area is 88.3 Å². The highest BCUT2D eigenvalue weighted by Gasteiger charge is 2.25. The molecule has 0 heterocycles. The van der Waals surface area contributed by atoms with Crippen LogP contribution in [0.25, 0.3) is 0 Å². The van der Waals surface area contributed by atoms with Gasteiger partial charge in [-0.2, -0.15) is 0 Å². The third-order valence-electron chi connectivity index (χ3n) is 1.76. The minimum Gasteiger partial charge on any atom is -0.395 e. The number of ketones is 1. The molecule has 0 spiro atoms. The van der Waals surface area contributed by atoms with Gasteiger partial charge >= 0.3 is 0 Å². The normalized spacial score (nSPS) is 11.7. The standard InChI is InChI=1S/C9H18O2S2/c1-4-12-13-6-5-8(11)9(2,3)7-10/h10H,4-7H2,1-3H3. The van der Waals surface area contributed by atoms with Gasteiger partial charge in [-0.3, -0.25) is 4.79 Å². The molecule has 0 unspecified atom stereocenters. The van der Waals surface area contributed by atoms with Crippen LogP contribution in [0.2, 0.25) is 0 Å². The van der Waals surface area contributed by atoms with Gasteiger partial charge in [-0.05, 0) is 0 Å². The zero-order valence-corrected chi connectivity index (χ0v) is 10.1. The second-order valence-corrected chi connectivity index (χ2v) is 6.31. The average Bonchev–Trinajstić information content (AvgIpc) is 2.12. The minimum atomic E-state index is -0.558. The van der Waals surface area contributed by atoms with Crippen molar-refractivity contribution in [1.82, 2.24) is 0 Å². The average molecular weight is 222 g/mol. The monoisotopic (exact) mass is 222 g/mol. The minimum absolute atomic E-state index is 0.0581. The lowest BCUT2D eigenvalue weighted by Gasteiger charge is -2.19. The van der Waals surface area contributed by atoms with Crippen molar-refractivity contribution in [1.29, 1.82) is 0 Å². The highest BCUT2D eigenvalue weighted by molar-refractivity contribution is 8.76. The number of aliphatic hydroxyl groups excluding tert-OH is 1. The van der Waals surface area contributed by atoms with Crippen molar-refractivity contribution in [3.8, 4) is 0 Å². The molecular weight excluding hydrogens is 204 g/mol. The molecule has 0 rings (SSSR count). The highest BCUT2D eigenvalue weighted by Crippen LogP contribution is 2.24. The fourth-order valence-electron chi connectivity index (χ4n) is 0.703. The first-order chi connectivity index (χ1) is 6.04. The van der Waals surface area contributed by atoms with Crippen LogP contribution >= 0.6 is 21.6 Å². The maximum atomic E-state index is 11.5. The van der Waals surface area contributed by atoms with Gasteiger partial charge in [0.25, 0.3) is 0 Å². The number of carbonyl (C=O) groups is 1. The topological polar surface area (TPSA) is 37.3 Å². The van der Waals surface area contributed by atoms with Crippen LogP contribution in [0.3, 0.4) is 0 Å². The molecule has 0 saturated carbocycles. The number of hydrogen-bond acceptors (Lipinski definition) is 4. The highest BCUT2D eigenvalue weighted by atomic mass is 33.1. The van der Waals surface area contributed by atoms with Crippen LogP contribution in [0, 0.1) is 5.41 Å². The van der Waals surface area contributed by atoms with Crippen molar-refractivity contribution >= 4 is 27.4 Å². The Hall–Kier alpha value is 0.330. The van der Waals surface area contributed by atoms with Gasteiger partial charge < -0.3 is 5.11 Å². The lowest BCUT2D eigenvalue weighted by molar-refractivity contribution is -0.128. The van der Waals surface area contributed by atoms with Gasteiger partial charge in [0.2, 0.25) is 0 Å². The molecule has 0 radical (unpaired) electrons. The van der Waals surface area contributed by atoms with Crippen molar-refractivity contribution in [3.63, 3.8) is 0 Å². The molecule has 0 saturated heterocycles. The van der Waals surface area contributed by atoms with E-state index in [9.17, 15) is 4.79 Å². The molecule has 0 amide bonds. The van der Waals surface area contributed by atoms with Gasteiger partial charge in [-0.15, -0.1) is 0 Å². The van der Waals surface area contributed by atoms with Crippen molar-refractivity contribution in [2.45, 2.75) is 27.2 Å². The van der Waals surface area contributed by atoms with E-state index in [4.69, 9.17) is 5.11 Å². The molecule has 0 aromatic carbocycles. The van der Waals surface area contributed by atoms with E-state index in [0.717, 1.165) is 11.5 Å². The first kappa shape index (κ1) is 13.3. The predicted molar refractivity (Wildman–Crippen MR) is 61.1 cm³/mol. The molecule has 0 bridgehead atoms. The summed E-state index contributed by atoms with van der Waals surface area (Å²) >= 11 is 0. The summed E-state index contributed by atoms with van der Waals surface area (Å²) in [4.78, 5) is 11.5. The third kappa shape index (κ3) is 5.60. The Balaban J connectivity index is 3.62.